The van der Waals surface area contributed by atoms with Crippen molar-refractivity contribution in [3.63, 3.8) is 0 Å². The van der Waals surface area contributed by atoms with E-state index in [2.05, 4.69) is 37.0 Å². The molecule has 3 aliphatic rings. The fraction of sp³-hybridized carbons (Fsp3) is 0.400. The lowest BCUT2D eigenvalue weighted by atomic mass is 9.72. The van der Waals surface area contributed by atoms with Gasteiger partial charge in [-0.05, 0) is 84.4 Å². The van der Waals surface area contributed by atoms with Gasteiger partial charge in [0.1, 0.15) is 17.5 Å². The van der Waals surface area contributed by atoms with Crippen LogP contribution in [-0.2, 0) is 6.42 Å². The van der Waals surface area contributed by atoms with Crippen LogP contribution in [0.3, 0.4) is 0 Å². The summed E-state index contributed by atoms with van der Waals surface area (Å²) in [6.45, 7) is 10.6. The average Bonchev–Trinajstić information content (AvgIpc) is 3.66. The molecule has 2 aliphatic carbocycles. The molecule has 2 fully saturated rings. The number of nitrogens with one attached hydrogen (secondary N) is 1. The van der Waals surface area contributed by atoms with Gasteiger partial charge in [-0.25, -0.2) is 17.6 Å². The van der Waals surface area contributed by atoms with Crippen molar-refractivity contribution in [2.45, 2.75) is 98.3 Å². The molecule has 0 saturated heterocycles. The van der Waals surface area contributed by atoms with Gasteiger partial charge in [-0.2, -0.15) is 0 Å². The molecular formula is C45H51F4N2OS+. The fourth-order valence-corrected chi connectivity index (χ4v) is 9.06. The minimum atomic E-state index is -0.791. The van der Waals surface area contributed by atoms with E-state index in [1.165, 1.54) is 36.2 Å². The third kappa shape index (κ3) is 8.08. The van der Waals surface area contributed by atoms with Gasteiger partial charge < -0.3 is 9.72 Å². The Labute approximate surface area is 317 Å². The van der Waals surface area contributed by atoms with Crippen molar-refractivity contribution in [2.24, 2.45) is 17.8 Å². The predicted octanol–water partition coefficient (Wildman–Crippen LogP) is 12.7. The van der Waals surface area contributed by atoms with Crippen LogP contribution in [0.15, 0.2) is 89.6 Å². The molecule has 1 N–H and O–H groups in total. The highest BCUT2D eigenvalue weighted by Gasteiger charge is 2.45. The number of aromatic amines is 1. The molecule has 0 radical (unpaired) electrons. The monoisotopic (exact) mass is 743 g/mol. The van der Waals surface area contributed by atoms with Crippen LogP contribution in [-0.4, -0.2) is 14.9 Å². The van der Waals surface area contributed by atoms with Crippen molar-refractivity contribution < 1.29 is 26.3 Å². The summed E-state index contributed by atoms with van der Waals surface area (Å²) >= 11 is 5.14. The van der Waals surface area contributed by atoms with Gasteiger partial charge >= 0.3 is 5.90 Å². The van der Waals surface area contributed by atoms with Crippen molar-refractivity contribution in [3.05, 3.63) is 141 Å². The van der Waals surface area contributed by atoms with Crippen LogP contribution in [0.25, 0.3) is 5.57 Å². The van der Waals surface area contributed by atoms with E-state index >= 15 is 8.78 Å². The normalized spacial score (nSPS) is 22.8. The van der Waals surface area contributed by atoms with E-state index < -0.39 is 23.3 Å². The molecule has 4 atom stereocenters. The molecule has 2 saturated carbocycles. The Morgan fingerprint density at radius 2 is 1.38 bits per heavy atom. The van der Waals surface area contributed by atoms with E-state index in [-0.39, 0.29) is 24.0 Å². The lowest BCUT2D eigenvalue weighted by Crippen LogP contribution is -2.22. The van der Waals surface area contributed by atoms with E-state index in [1.807, 2.05) is 39.0 Å². The smallest absolute Gasteiger partial charge is 0.390 e. The lowest BCUT2D eigenvalue weighted by Gasteiger charge is -2.31. The summed E-state index contributed by atoms with van der Waals surface area (Å²) in [5.41, 5.74) is 8.11. The highest BCUT2D eigenvalue weighted by atomic mass is 32.1. The number of rotatable bonds is 7. The molecule has 1 aromatic heterocycles. The van der Waals surface area contributed by atoms with Gasteiger partial charge in [-0.3, -0.25) is 0 Å². The van der Waals surface area contributed by atoms with E-state index in [9.17, 15) is 8.78 Å². The third-order valence-electron chi connectivity index (χ3n) is 11.3. The maximum absolute atomic E-state index is 15.1. The van der Waals surface area contributed by atoms with E-state index in [0.717, 1.165) is 96.4 Å². The number of benzene rings is 3. The Hall–Kier alpha value is -4.04. The summed E-state index contributed by atoms with van der Waals surface area (Å²) in [6, 6.07) is 19.5. The van der Waals surface area contributed by atoms with Crippen LogP contribution in [0.4, 0.5) is 17.6 Å². The summed E-state index contributed by atoms with van der Waals surface area (Å²) in [5.74, 6) is -1.06. The summed E-state index contributed by atoms with van der Waals surface area (Å²) in [4.78, 5) is 3.76. The summed E-state index contributed by atoms with van der Waals surface area (Å²) in [6.07, 6.45) is 9.06. The molecule has 280 valence electrons. The standard InChI is InChI=1S/C43H44F4N2OS.C2H6/c1-25-11-7-9-15-33(25)35-24-32(21-29-17-18-30(44)22-36(29)46)48-41(35)40(28-13-5-4-6-14-28)42-39(34-16-10-8-12-26(34)2)27(3)43(49(42)51)50-38-20-19-31(45)23-37(38)47;1-2/h4-6,13-14,17-20,22-26,33-34,51H,7-12,15-16,21H2,1-3H3;1-2H3/p+1. The molecule has 0 spiro atoms. The van der Waals surface area contributed by atoms with Gasteiger partial charge in [-0.15, -0.1) is 0 Å². The van der Waals surface area contributed by atoms with Crippen LogP contribution in [0, 0.1) is 41.0 Å². The van der Waals surface area contributed by atoms with E-state index in [0.29, 0.717) is 23.3 Å². The molecule has 4 unspecified atom stereocenters. The first-order chi connectivity index (χ1) is 25.6. The third-order valence-corrected chi connectivity index (χ3v) is 11.7. The molecule has 4 aromatic rings. The molecule has 8 heteroatoms. The van der Waals surface area contributed by atoms with Crippen molar-refractivity contribution >= 4 is 24.3 Å². The molecule has 7 rings (SSSR count). The number of thiol groups is 1. The Morgan fingerprint density at radius 3 is 2.00 bits per heavy atom. The highest BCUT2D eigenvalue weighted by Crippen LogP contribution is 2.49. The molecule has 3 nitrogen and oxygen atoms in total. The summed E-state index contributed by atoms with van der Waals surface area (Å²) in [7, 11) is 0. The topological polar surface area (TPSA) is 28.0 Å². The molecule has 53 heavy (non-hydrogen) atoms. The number of ether oxygens (including phenoxy) is 1. The number of halogens is 4. The summed E-state index contributed by atoms with van der Waals surface area (Å²) in [5, 5.41) is 0. The summed E-state index contributed by atoms with van der Waals surface area (Å²) < 4.78 is 66.0. The van der Waals surface area contributed by atoms with Crippen LogP contribution < -0.4 is 4.74 Å². The van der Waals surface area contributed by atoms with Crippen LogP contribution in [0.1, 0.15) is 120 Å². The van der Waals surface area contributed by atoms with Crippen molar-refractivity contribution in [3.8, 4) is 5.75 Å². The zero-order valence-electron chi connectivity index (χ0n) is 31.4. The van der Waals surface area contributed by atoms with Gasteiger partial charge in [0.25, 0.3) is 0 Å². The zero-order valence-corrected chi connectivity index (χ0v) is 32.3. The Balaban J connectivity index is 0.00000236. The van der Waals surface area contributed by atoms with Gasteiger partial charge in [0.2, 0.25) is 5.70 Å². The number of hydrogen-bond acceptors (Lipinski definition) is 2. The van der Waals surface area contributed by atoms with Crippen molar-refractivity contribution in [2.75, 3.05) is 0 Å². The molecule has 0 amide bonds. The fourth-order valence-electron chi connectivity index (χ4n) is 8.66. The largest absolute Gasteiger partial charge is 0.401 e. The molecule has 0 bridgehead atoms. The van der Waals surface area contributed by atoms with Crippen molar-refractivity contribution in [1.29, 1.82) is 0 Å². The second kappa shape index (κ2) is 17.0. The minimum Gasteiger partial charge on any atom is -0.401 e. The highest BCUT2D eigenvalue weighted by molar-refractivity contribution is 7.73. The molecule has 3 aromatic carbocycles. The molecule has 2 heterocycles. The Bertz CT molecular complexity index is 2030. The van der Waals surface area contributed by atoms with Gasteiger partial charge in [0, 0.05) is 29.8 Å². The first-order valence-electron chi connectivity index (χ1n) is 19.3. The van der Waals surface area contributed by atoms with Gasteiger partial charge in [0.05, 0.1) is 16.8 Å². The molecular weight excluding hydrogens is 693 g/mol. The number of H-pyrrole nitrogens is 1. The minimum absolute atomic E-state index is 0.0800. The predicted molar refractivity (Wildman–Crippen MR) is 209 cm³/mol. The average molecular weight is 744 g/mol. The second-order valence-corrected chi connectivity index (χ2v) is 15.1. The van der Waals surface area contributed by atoms with E-state index in [4.69, 9.17) is 17.6 Å². The first-order valence-corrected chi connectivity index (χ1v) is 19.7. The first kappa shape index (κ1) is 38.7. The number of nitrogens with zero attached hydrogens (tertiary/aromatic N) is 1. The number of allylic oxidation sites excluding steroid dienone is 1. The maximum Gasteiger partial charge on any atom is 0.390 e. The second-order valence-electron chi connectivity index (χ2n) is 14.7. The van der Waals surface area contributed by atoms with Crippen LogP contribution in [0.5, 0.6) is 5.75 Å². The lowest BCUT2D eigenvalue weighted by molar-refractivity contribution is -0.279. The van der Waals surface area contributed by atoms with E-state index in [1.54, 1.807) is 3.98 Å². The Kier molecular flexibility index (Phi) is 12.4. The van der Waals surface area contributed by atoms with Crippen molar-refractivity contribution in [1.82, 2.24) is 4.98 Å². The van der Waals surface area contributed by atoms with Crippen LogP contribution >= 0.6 is 12.8 Å². The number of hydrogen-bond donors (Lipinski definition) is 2. The van der Waals surface area contributed by atoms with Gasteiger partial charge in [0.15, 0.2) is 24.4 Å². The SMILES string of the molecule is CC.CC1=C(C2CCCCC2C)/C(=C(\c2ccccc2)c2[nH]c(Cc3ccc(F)cc3F)cc2C2CCCCC2C)[N+](S)=C1Oc1ccc(F)cc1F. The molecule has 1 aliphatic heterocycles. The Morgan fingerprint density at radius 1 is 0.774 bits per heavy atom. The zero-order chi connectivity index (χ0) is 37.8. The van der Waals surface area contributed by atoms with Gasteiger partial charge in [-0.1, -0.05) is 107 Å². The number of aromatic nitrogens is 1. The maximum atomic E-state index is 15.1. The quantitative estimate of drug-likeness (QED) is 0.110. The van der Waals surface area contributed by atoms with Crippen LogP contribution in [0.2, 0.25) is 0 Å².